The van der Waals surface area contributed by atoms with Crippen LogP contribution in [-0.4, -0.2) is 23.4 Å². The van der Waals surface area contributed by atoms with Crippen molar-refractivity contribution in [2.45, 2.75) is 0 Å². The first-order chi connectivity index (χ1) is 5.53. The van der Waals surface area contributed by atoms with Crippen molar-refractivity contribution in [3.8, 4) is 0 Å². The van der Waals surface area contributed by atoms with Crippen molar-refractivity contribution in [1.29, 1.82) is 0 Å². The van der Waals surface area contributed by atoms with Crippen molar-refractivity contribution in [2.24, 2.45) is 7.05 Å². The van der Waals surface area contributed by atoms with E-state index >= 15 is 0 Å². The van der Waals surface area contributed by atoms with Crippen LogP contribution in [0.15, 0.2) is 12.3 Å². The summed E-state index contributed by atoms with van der Waals surface area (Å²) in [5.41, 5.74) is 0. The molecule has 0 bridgehead atoms. The van der Waals surface area contributed by atoms with Gasteiger partial charge in [0.25, 0.3) is 0 Å². The number of halogens is 1. The van der Waals surface area contributed by atoms with Gasteiger partial charge in [0.15, 0.2) is 5.82 Å². The van der Waals surface area contributed by atoms with E-state index in [2.05, 4.69) is 9.82 Å². The molecule has 1 aromatic heterocycles. The first-order valence-electron chi connectivity index (χ1n) is 3.09. The van der Waals surface area contributed by atoms with E-state index < -0.39 is 15.2 Å². The van der Waals surface area contributed by atoms with Gasteiger partial charge in [-0.25, -0.2) is 8.42 Å². The zero-order chi connectivity index (χ0) is 9.19. The van der Waals surface area contributed by atoms with E-state index in [0.29, 0.717) is 0 Å². The Labute approximate surface area is 75.4 Å². The average Bonchev–Trinajstić information content (AvgIpc) is 2.35. The molecule has 0 saturated heterocycles. The molecule has 0 aromatic carbocycles. The van der Waals surface area contributed by atoms with Gasteiger partial charge in [-0.1, -0.05) is 0 Å². The zero-order valence-electron chi connectivity index (χ0n) is 6.36. The van der Waals surface area contributed by atoms with Gasteiger partial charge in [-0.15, -0.1) is 11.6 Å². The van der Waals surface area contributed by atoms with E-state index in [0.717, 1.165) is 0 Å². The number of nitrogens with zero attached hydrogens (tertiary/aromatic N) is 2. The molecule has 0 amide bonds. The van der Waals surface area contributed by atoms with Gasteiger partial charge in [-0.3, -0.25) is 9.40 Å². The number of aryl methyl sites for hydroxylation is 1. The first-order valence-corrected chi connectivity index (χ1v) is 5.28. The standard InChI is InChI=1S/C5H8ClN3O2S/c1-9-3-2-5(7-9)8-12(10,11)4-6/h2-3H,4H2,1H3,(H,7,8). The number of sulfonamides is 1. The molecule has 12 heavy (non-hydrogen) atoms. The van der Waals surface area contributed by atoms with Gasteiger partial charge in [0.1, 0.15) is 5.21 Å². The minimum absolute atomic E-state index is 0.276. The molecule has 1 heterocycles. The normalized spacial score (nSPS) is 11.5. The van der Waals surface area contributed by atoms with Gasteiger partial charge in [-0.05, 0) is 0 Å². The van der Waals surface area contributed by atoms with Crippen molar-refractivity contribution in [1.82, 2.24) is 9.78 Å². The number of anilines is 1. The highest BCUT2D eigenvalue weighted by Gasteiger charge is 2.08. The molecule has 0 atom stereocenters. The molecular formula is C5H8ClN3O2S. The Bertz CT molecular complexity index is 359. The number of hydrogen-bond acceptors (Lipinski definition) is 3. The van der Waals surface area contributed by atoms with Crippen LogP contribution < -0.4 is 4.72 Å². The molecule has 0 aliphatic rings. The lowest BCUT2D eigenvalue weighted by molar-refractivity contribution is 0.605. The van der Waals surface area contributed by atoms with Crippen molar-refractivity contribution >= 4 is 27.4 Å². The molecule has 1 aromatic rings. The Kier molecular flexibility index (Phi) is 2.58. The predicted molar refractivity (Wildman–Crippen MR) is 46.5 cm³/mol. The Balaban J connectivity index is 2.77. The second-order valence-electron chi connectivity index (χ2n) is 2.20. The van der Waals surface area contributed by atoms with E-state index in [1.807, 2.05) is 0 Å². The molecule has 1 rings (SSSR count). The van der Waals surface area contributed by atoms with E-state index in [1.54, 1.807) is 19.3 Å². The van der Waals surface area contributed by atoms with Crippen LogP contribution in [0, 0.1) is 0 Å². The summed E-state index contributed by atoms with van der Waals surface area (Å²) in [7, 11) is -1.73. The lowest BCUT2D eigenvalue weighted by Crippen LogP contribution is -2.13. The summed E-state index contributed by atoms with van der Waals surface area (Å²) >= 11 is 5.16. The summed E-state index contributed by atoms with van der Waals surface area (Å²) in [6.45, 7) is 0. The largest absolute Gasteiger partial charge is 0.274 e. The summed E-state index contributed by atoms with van der Waals surface area (Å²) < 4.78 is 25.5. The third-order valence-electron chi connectivity index (χ3n) is 1.12. The molecule has 0 radical (unpaired) electrons. The molecule has 5 nitrogen and oxygen atoms in total. The SMILES string of the molecule is Cn1ccc(NS(=O)(=O)CCl)n1. The lowest BCUT2D eigenvalue weighted by atomic mass is 10.7. The highest BCUT2D eigenvalue weighted by atomic mass is 35.5. The molecule has 0 saturated carbocycles. The lowest BCUT2D eigenvalue weighted by Gasteiger charge is -1.99. The van der Waals surface area contributed by atoms with Gasteiger partial charge >= 0.3 is 0 Å². The van der Waals surface area contributed by atoms with Gasteiger partial charge in [0.05, 0.1) is 0 Å². The summed E-state index contributed by atoms with van der Waals surface area (Å²) in [5.74, 6) is 0.276. The topological polar surface area (TPSA) is 64.0 Å². The maximum absolute atomic E-state index is 10.9. The van der Waals surface area contributed by atoms with E-state index in [-0.39, 0.29) is 5.82 Å². The summed E-state index contributed by atoms with van der Waals surface area (Å²) in [6.07, 6.45) is 1.63. The summed E-state index contributed by atoms with van der Waals surface area (Å²) in [6, 6.07) is 1.55. The third-order valence-corrected chi connectivity index (χ3v) is 2.79. The molecule has 1 N–H and O–H groups in total. The summed E-state index contributed by atoms with van der Waals surface area (Å²) in [5, 5.41) is 3.34. The Hall–Kier alpha value is -0.750. The van der Waals surface area contributed by atoms with Crippen LogP contribution in [0.5, 0.6) is 0 Å². The Morgan fingerprint density at radius 3 is 2.83 bits per heavy atom. The molecule has 0 fully saturated rings. The Morgan fingerprint density at radius 1 is 1.75 bits per heavy atom. The Morgan fingerprint density at radius 2 is 2.42 bits per heavy atom. The number of nitrogens with one attached hydrogen (secondary N) is 1. The smallest absolute Gasteiger partial charge is 0.248 e. The minimum Gasteiger partial charge on any atom is -0.274 e. The fourth-order valence-electron chi connectivity index (χ4n) is 0.656. The van der Waals surface area contributed by atoms with E-state index in [9.17, 15) is 8.42 Å². The molecule has 0 aliphatic heterocycles. The maximum Gasteiger partial charge on any atom is 0.248 e. The average molecular weight is 210 g/mol. The second-order valence-corrected chi connectivity index (χ2v) is 4.51. The van der Waals surface area contributed by atoms with Gasteiger partial charge in [0.2, 0.25) is 10.0 Å². The van der Waals surface area contributed by atoms with Crippen molar-refractivity contribution < 1.29 is 8.42 Å². The van der Waals surface area contributed by atoms with Gasteiger partial charge in [-0.2, -0.15) is 5.10 Å². The van der Waals surface area contributed by atoms with Crippen LogP contribution >= 0.6 is 11.6 Å². The number of hydrogen-bond donors (Lipinski definition) is 1. The number of rotatable bonds is 3. The van der Waals surface area contributed by atoms with Gasteiger partial charge < -0.3 is 0 Å². The maximum atomic E-state index is 10.9. The highest BCUT2D eigenvalue weighted by Crippen LogP contribution is 2.04. The first kappa shape index (κ1) is 9.34. The molecular weight excluding hydrogens is 202 g/mol. The van der Waals surface area contributed by atoms with Crippen LogP contribution in [0.1, 0.15) is 0 Å². The van der Waals surface area contributed by atoms with Crippen LogP contribution in [0.3, 0.4) is 0 Å². The molecule has 68 valence electrons. The zero-order valence-corrected chi connectivity index (χ0v) is 7.93. The van der Waals surface area contributed by atoms with Crippen molar-refractivity contribution in [2.75, 3.05) is 9.93 Å². The minimum atomic E-state index is -3.42. The van der Waals surface area contributed by atoms with Crippen LogP contribution in [-0.2, 0) is 17.1 Å². The quantitative estimate of drug-likeness (QED) is 0.731. The summed E-state index contributed by atoms with van der Waals surface area (Å²) in [4.78, 5) is 0. The fourth-order valence-corrected chi connectivity index (χ4v) is 1.30. The molecule has 0 spiro atoms. The van der Waals surface area contributed by atoms with Crippen LogP contribution in [0.4, 0.5) is 5.82 Å². The fraction of sp³-hybridized carbons (Fsp3) is 0.400. The van der Waals surface area contributed by atoms with E-state index in [4.69, 9.17) is 11.6 Å². The van der Waals surface area contributed by atoms with E-state index in [1.165, 1.54) is 4.68 Å². The van der Waals surface area contributed by atoms with Crippen molar-refractivity contribution in [3.05, 3.63) is 12.3 Å². The number of alkyl halides is 1. The van der Waals surface area contributed by atoms with Crippen molar-refractivity contribution in [3.63, 3.8) is 0 Å². The van der Waals surface area contributed by atoms with Crippen LogP contribution in [0.25, 0.3) is 0 Å². The van der Waals surface area contributed by atoms with Gasteiger partial charge in [0, 0.05) is 19.3 Å². The monoisotopic (exact) mass is 209 g/mol. The molecule has 0 unspecified atom stereocenters. The number of aromatic nitrogens is 2. The third kappa shape index (κ3) is 2.38. The van der Waals surface area contributed by atoms with Crippen LogP contribution in [0.2, 0.25) is 0 Å². The predicted octanol–water partition coefficient (Wildman–Crippen LogP) is 0.358. The highest BCUT2D eigenvalue weighted by molar-refractivity contribution is 7.93. The second kappa shape index (κ2) is 3.32. The molecule has 7 heteroatoms. The molecule has 0 aliphatic carbocycles.